The standard InChI is InChI=1S/C8H17NO2/c1-7-6-9-8(2,11-7)4-5-10-3/h7,9H,4-6H2,1-3H3. The van der Waals surface area contributed by atoms with Gasteiger partial charge in [0.05, 0.1) is 12.7 Å². The molecule has 11 heavy (non-hydrogen) atoms. The van der Waals surface area contributed by atoms with Gasteiger partial charge in [-0.25, -0.2) is 0 Å². The molecule has 0 aromatic carbocycles. The van der Waals surface area contributed by atoms with Crippen molar-refractivity contribution < 1.29 is 9.47 Å². The van der Waals surface area contributed by atoms with Crippen LogP contribution in [0.1, 0.15) is 20.3 Å². The molecule has 0 spiro atoms. The molecule has 0 amide bonds. The quantitative estimate of drug-likeness (QED) is 0.659. The van der Waals surface area contributed by atoms with Gasteiger partial charge in [0.1, 0.15) is 5.72 Å². The Hall–Kier alpha value is -0.120. The molecule has 0 saturated carbocycles. The number of hydrogen-bond donors (Lipinski definition) is 1. The lowest BCUT2D eigenvalue weighted by atomic mass is 10.2. The van der Waals surface area contributed by atoms with Crippen LogP contribution in [0, 0.1) is 0 Å². The topological polar surface area (TPSA) is 30.5 Å². The summed E-state index contributed by atoms with van der Waals surface area (Å²) in [4.78, 5) is 0. The molecule has 0 radical (unpaired) electrons. The largest absolute Gasteiger partial charge is 0.385 e. The van der Waals surface area contributed by atoms with Crippen LogP contribution < -0.4 is 5.32 Å². The van der Waals surface area contributed by atoms with Gasteiger partial charge in [-0.2, -0.15) is 0 Å². The van der Waals surface area contributed by atoms with Crippen LogP contribution in [0.2, 0.25) is 0 Å². The fourth-order valence-corrected chi connectivity index (χ4v) is 1.33. The number of nitrogens with one attached hydrogen (secondary N) is 1. The first-order chi connectivity index (χ1) is 5.16. The molecule has 1 aliphatic rings. The maximum absolute atomic E-state index is 5.66. The molecule has 2 unspecified atom stereocenters. The second kappa shape index (κ2) is 3.52. The van der Waals surface area contributed by atoms with Crippen LogP contribution in [0.25, 0.3) is 0 Å². The number of hydrogen-bond acceptors (Lipinski definition) is 3. The molecule has 3 nitrogen and oxygen atoms in total. The Morgan fingerprint density at radius 1 is 1.73 bits per heavy atom. The van der Waals surface area contributed by atoms with Crippen LogP contribution in [-0.2, 0) is 9.47 Å². The van der Waals surface area contributed by atoms with Gasteiger partial charge in [0.2, 0.25) is 0 Å². The molecule has 2 atom stereocenters. The van der Waals surface area contributed by atoms with E-state index in [0.29, 0.717) is 6.10 Å². The maximum Gasteiger partial charge on any atom is 0.119 e. The number of methoxy groups -OCH3 is 1. The molecule has 3 heteroatoms. The Morgan fingerprint density at radius 2 is 2.45 bits per heavy atom. The average molecular weight is 159 g/mol. The molecule has 1 rings (SSSR count). The van der Waals surface area contributed by atoms with Crippen molar-refractivity contribution in [1.29, 1.82) is 0 Å². The first-order valence-electron chi connectivity index (χ1n) is 4.08. The highest BCUT2D eigenvalue weighted by Gasteiger charge is 2.32. The second-order valence-electron chi connectivity index (χ2n) is 3.28. The summed E-state index contributed by atoms with van der Waals surface area (Å²) >= 11 is 0. The van der Waals surface area contributed by atoms with Crippen molar-refractivity contribution in [3.63, 3.8) is 0 Å². The summed E-state index contributed by atoms with van der Waals surface area (Å²) in [7, 11) is 1.71. The summed E-state index contributed by atoms with van der Waals surface area (Å²) in [6, 6.07) is 0. The average Bonchev–Trinajstić information content (AvgIpc) is 2.28. The van der Waals surface area contributed by atoms with Crippen molar-refractivity contribution in [1.82, 2.24) is 5.32 Å². The summed E-state index contributed by atoms with van der Waals surface area (Å²) in [5.41, 5.74) is -0.157. The van der Waals surface area contributed by atoms with Gasteiger partial charge in [-0.05, 0) is 13.8 Å². The Labute approximate surface area is 68.1 Å². The van der Waals surface area contributed by atoms with Gasteiger partial charge in [0, 0.05) is 20.1 Å². The second-order valence-corrected chi connectivity index (χ2v) is 3.28. The Bertz CT molecular complexity index is 129. The third-order valence-corrected chi connectivity index (χ3v) is 2.01. The molecule has 0 aromatic heterocycles. The molecule has 66 valence electrons. The highest BCUT2D eigenvalue weighted by atomic mass is 16.5. The SMILES string of the molecule is COCCC1(C)NCC(C)O1. The summed E-state index contributed by atoms with van der Waals surface area (Å²) in [6.45, 7) is 5.83. The molecular formula is C8H17NO2. The van der Waals surface area contributed by atoms with Gasteiger partial charge in [-0.1, -0.05) is 0 Å². The molecule has 0 aromatic rings. The van der Waals surface area contributed by atoms with E-state index in [1.54, 1.807) is 7.11 Å². The number of rotatable bonds is 3. The predicted octanol–water partition coefficient (Wildman–Crippen LogP) is 0.747. The van der Waals surface area contributed by atoms with Gasteiger partial charge in [-0.15, -0.1) is 0 Å². The highest BCUT2D eigenvalue weighted by Crippen LogP contribution is 2.19. The lowest BCUT2D eigenvalue weighted by Crippen LogP contribution is -2.38. The summed E-state index contributed by atoms with van der Waals surface area (Å²) in [5, 5.41) is 3.32. The minimum atomic E-state index is -0.157. The van der Waals surface area contributed by atoms with Crippen LogP contribution >= 0.6 is 0 Å². The monoisotopic (exact) mass is 159 g/mol. The minimum absolute atomic E-state index is 0.157. The molecule has 1 heterocycles. The Morgan fingerprint density at radius 3 is 2.91 bits per heavy atom. The normalized spacial score (nSPS) is 37.9. The summed E-state index contributed by atoms with van der Waals surface area (Å²) in [6.07, 6.45) is 1.24. The molecule has 1 aliphatic heterocycles. The maximum atomic E-state index is 5.66. The molecule has 0 bridgehead atoms. The van der Waals surface area contributed by atoms with Gasteiger partial charge >= 0.3 is 0 Å². The minimum Gasteiger partial charge on any atom is -0.385 e. The van der Waals surface area contributed by atoms with E-state index in [1.807, 2.05) is 0 Å². The third-order valence-electron chi connectivity index (χ3n) is 2.01. The zero-order chi connectivity index (χ0) is 8.32. The lowest BCUT2D eigenvalue weighted by molar-refractivity contribution is -0.0475. The zero-order valence-corrected chi connectivity index (χ0v) is 7.52. The lowest BCUT2D eigenvalue weighted by Gasteiger charge is -2.23. The zero-order valence-electron chi connectivity index (χ0n) is 7.52. The van der Waals surface area contributed by atoms with Crippen LogP contribution in [0.15, 0.2) is 0 Å². The van der Waals surface area contributed by atoms with E-state index in [-0.39, 0.29) is 5.72 Å². The summed E-state index contributed by atoms with van der Waals surface area (Å²) in [5.74, 6) is 0. The van der Waals surface area contributed by atoms with Gasteiger partial charge in [-0.3, -0.25) is 5.32 Å². The first-order valence-corrected chi connectivity index (χ1v) is 4.08. The van der Waals surface area contributed by atoms with Crippen LogP contribution in [0.4, 0.5) is 0 Å². The molecular weight excluding hydrogens is 142 g/mol. The van der Waals surface area contributed by atoms with E-state index in [2.05, 4.69) is 19.2 Å². The fraction of sp³-hybridized carbons (Fsp3) is 1.00. The van der Waals surface area contributed by atoms with Crippen molar-refractivity contribution in [2.45, 2.75) is 32.1 Å². The van der Waals surface area contributed by atoms with E-state index in [9.17, 15) is 0 Å². The Kier molecular flexibility index (Phi) is 2.87. The van der Waals surface area contributed by atoms with Gasteiger partial charge < -0.3 is 9.47 Å². The smallest absolute Gasteiger partial charge is 0.119 e. The Balaban J connectivity index is 2.29. The van der Waals surface area contributed by atoms with Crippen LogP contribution in [0.5, 0.6) is 0 Å². The van der Waals surface area contributed by atoms with Crippen molar-refractivity contribution in [3.8, 4) is 0 Å². The highest BCUT2D eigenvalue weighted by molar-refractivity contribution is 4.81. The molecule has 1 N–H and O–H groups in total. The van der Waals surface area contributed by atoms with E-state index < -0.39 is 0 Å². The predicted molar refractivity (Wildman–Crippen MR) is 43.4 cm³/mol. The van der Waals surface area contributed by atoms with E-state index in [4.69, 9.17) is 9.47 Å². The van der Waals surface area contributed by atoms with E-state index in [1.165, 1.54) is 0 Å². The van der Waals surface area contributed by atoms with Crippen LogP contribution in [0.3, 0.4) is 0 Å². The van der Waals surface area contributed by atoms with Crippen molar-refractivity contribution in [2.75, 3.05) is 20.3 Å². The molecule has 1 saturated heterocycles. The van der Waals surface area contributed by atoms with Crippen LogP contribution in [-0.4, -0.2) is 32.1 Å². The van der Waals surface area contributed by atoms with E-state index in [0.717, 1.165) is 19.6 Å². The van der Waals surface area contributed by atoms with Gasteiger partial charge in [0.15, 0.2) is 0 Å². The van der Waals surface area contributed by atoms with Crippen molar-refractivity contribution in [2.24, 2.45) is 0 Å². The van der Waals surface area contributed by atoms with Crippen molar-refractivity contribution >= 4 is 0 Å². The van der Waals surface area contributed by atoms with E-state index >= 15 is 0 Å². The van der Waals surface area contributed by atoms with Gasteiger partial charge in [0.25, 0.3) is 0 Å². The number of ether oxygens (including phenoxy) is 2. The third kappa shape index (κ3) is 2.43. The summed E-state index contributed by atoms with van der Waals surface area (Å²) < 4.78 is 10.6. The first kappa shape index (κ1) is 8.97. The molecule has 0 aliphatic carbocycles. The fourth-order valence-electron chi connectivity index (χ4n) is 1.33. The van der Waals surface area contributed by atoms with Crippen molar-refractivity contribution in [3.05, 3.63) is 0 Å². The molecule has 1 fully saturated rings.